The normalized spacial score (nSPS) is 10.4. The van der Waals surface area contributed by atoms with Crippen molar-refractivity contribution >= 4 is 21.6 Å². The molecule has 2 N–H and O–H groups in total. The number of carbonyl (C=O) groups excluding carboxylic acids is 1. The van der Waals surface area contributed by atoms with Crippen molar-refractivity contribution in [3.8, 4) is 6.07 Å². The van der Waals surface area contributed by atoms with E-state index in [1.165, 1.54) is 0 Å². The van der Waals surface area contributed by atoms with E-state index in [1.807, 2.05) is 6.07 Å². The van der Waals surface area contributed by atoms with Crippen molar-refractivity contribution in [1.29, 1.82) is 5.26 Å². The molecule has 0 fully saturated rings. The molecule has 0 atom stereocenters. The summed E-state index contributed by atoms with van der Waals surface area (Å²) in [5.74, 6) is -0.103. The predicted octanol–water partition coefficient (Wildman–Crippen LogP) is 0.724. The van der Waals surface area contributed by atoms with E-state index in [0.717, 1.165) is 6.26 Å². The van der Waals surface area contributed by atoms with E-state index >= 15 is 0 Å². The van der Waals surface area contributed by atoms with Gasteiger partial charge < -0.3 is 10.6 Å². The number of nitrogens with one attached hydrogen (secondary N) is 2. The number of hydrogen-bond acceptors (Lipinski definition) is 4. The first-order valence-corrected chi connectivity index (χ1v) is 7.19. The second-order valence-corrected chi connectivity index (χ2v) is 5.96. The SMILES string of the molecule is CS(=O)(=O)CCNC(=O)Nc1ccc(C#N)cc1. The van der Waals surface area contributed by atoms with Gasteiger partial charge in [-0.3, -0.25) is 0 Å². The van der Waals surface area contributed by atoms with Crippen molar-refractivity contribution in [3.05, 3.63) is 29.8 Å². The molecular formula is C11H13N3O3S. The molecule has 96 valence electrons. The summed E-state index contributed by atoms with van der Waals surface area (Å²) < 4.78 is 21.7. The fourth-order valence-corrected chi connectivity index (χ4v) is 1.63. The molecule has 2 amide bonds. The lowest BCUT2D eigenvalue weighted by atomic mass is 10.2. The summed E-state index contributed by atoms with van der Waals surface area (Å²) in [7, 11) is -3.08. The number of rotatable bonds is 4. The van der Waals surface area contributed by atoms with Crippen LogP contribution in [0.25, 0.3) is 0 Å². The fraction of sp³-hybridized carbons (Fsp3) is 0.273. The zero-order valence-electron chi connectivity index (χ0n) is 9.80. The van der Waals surface area contributed by atoms with Crippen LogP contribution in [0.15, 0.2) is 24.3 Å². The molecule has 0 aromatic heterocycles. The van der Waals surface area contributed by atoms with Crippen LogP contribution in [-0.4, -0.2) is 33.0 Å². The van der Waals surface area contributed by atoms with Crippen LogP contribution < -0.4 is 10.6 Å². The summed E-state index contributed by atoms with van der Waals surface area (Å²) in [6, 6.07) is 7.82. The number of hydrogen-bond donors (Lipinski definition) is 2. The molecule has 0 heterocycles. The lowest BCUT2D eigenvalue weighted by Gasteiger charge is -2.06. The minimum atomic E-state index is -3.08. The Morgan fingerprint density at radius 3 is 2.44 bits per heavy atom. The van der Waals surface area contributed by atoms with E-state index in [9.17, 15) is 13.2 Å². The Kier molecular flexibility index (Phi) is 4.68. The van der Waals surface area contributed by atoms with Crippen LogP contribution in [0.5, 0.6) is 0 Å². The van der Waals surface area contributed by atoms with Gasteiger partial charge in [-0.2, -0.15) is 5.26 Å². The molecule has 0 aliphatic carbocycles. The zero-order chi connectivity index (χ0) is 13.6. The largest absolute Gasteiger partial charge is 0.337 e. The minimum Gasteiger partial charge on any atom is -0.337 e. The molecule has 0 unspecified atom stereocenters. The Morgan fingerprint density at radius 1 is 1.33 bits per heavy atom. The molecule has 1 aromatic carbocycles. The molecule has 1 aromatic rings. The Hall–Kier alpha value is -2.07. The molecule has 0 saturated carbocycles. The Labute approximate surface area is 106 Å². The molecule has 7 heteroatoms. The second-order valence-electron chi connectivity index (χ2n) is 3.70. The van der Waals surface area contributed by atoms with E-state index in [0.29, 0.717) is 11.3 Å². The van der Waals surface area contributed by atoms with Gasteiger partial charge in [0.25, 0.3) is 0 Å². The van der Waals surface area contributed by atoms with Crippen LogP contribution in [0, 0.1) is 11.3 Å². The first-order valence-electron chi connectivity index (χ1n) is 5.13. The molecule has 0 saturated heterocycles. The highest BCUT2D eigenvalue weighted by molar-refractivity contribution is 7.90. The van der Waals surface area contributed by atoms with Crippen molar-refractivity contribution in [2.45, 2.75) is 0 Å². The van der Waals surface area contributed by atoms with Gasteiger partial charge in [0.1, 0.15) is 9.84 Å². The predicted molar refractivity (Wildman–Crippen MR) is 67.9 cm³/mol. The zero-order valence-corrected chi connectivity index (χ0v) is 10.6. The van der Waals surface area contributed by atoms with E-state index in [4.69, 9.17) is 5.26 Å². The Bertz CT molecular complexity index is 558. The van der Waals surface area contributed by atoms with Gasteiger partial charge in [0.2, 0.25) is 0 Å². The van der Waals surface area contributed by atoms with Crippen LogP contribution in [0.4, 0.5) is 10.5 Å². The maximum absolute atomic E-state index is 11.4. The third kappa shape index (κ3) is 5.32. The number of carbonyl (C=O) groups is 1. The summed E-state index contributed by atoms with van der Waals surface area (Å²) in [5.41, 5.74) is 1.03. The monoisotopic (exact) mass is 267 g/mol. The summed E-state index contributed by atoms with van der Waals surface area (Å²) in [6.07, 6.45) is 1.10. The average molecular weight is 267 g/mol. The number of benzene rings is 1. The number of amides is 2. The lowest BCUT2D eigenvalue weighted by molar-refractivity contribution is 0.252. The molecule has 0 aliphatic rings. The molecule has 0 spiro atoms. The summed E-state index contributed by atoms with van der Waals surface area (Å²) >= 11 is 0. The van der Waals surface area contributed by atoms with Crippen molar-refractivity contribution in [2.75, 3.05) is 23.9 Å². The first-order chi connectivity index (χ1) is 8.40. The Morgan fingerprint density at radius 2 is 1.94 bits per heavy atom. The quantitative estimate of drug-likeness (QED) is 0.839. The van der Waals surface area contributed by atoms with Gasteiger partial charge in [0.05, 0.1) is 17.4 Å². The van der Waals surface area contributed by atoms with Gasteiger partial charge in [0, 0.05) is 18.5 Å². The van der Waals surface area contributed by atoms with Gasteiger partial charge in [-0.15, -0.1) is 0 Å². The van der Waals surface area contributed by atoms with Crippen molar-refractivity contribution in [1.82, 2.24) is 5.32 Å². The van der Waals surface area contributed by atoms with E-state index in [-0.39, 0.29) is 12.3 Å². The Balaban J connectivity index is 2.42. The molecule has 18 heavy (non-hydrogen) atoms. The summed E-state index contributed by atoms with van der Waals surface area (Å²) in [6.45, 7) is 0.0565. The number of nitrogens with zero attached hydrogens (tertiary/aromatic N) is 1. The highest BCUT2D eigenvalue weighted by Gasteiger charge is 2.04. The van der Waals surface area contributed by atoms with Gasteiger partial charge in [-0.25, -0.2) is 13.2 Å². The van der Waals surface area contributed by atoms with Crippen LogP contribution in [-0.2, 0) is 9.84 Å². The van der Waals surface area contributed by atoms with Gasteiger partial charge in [-0.1, -0.05) is 0 Å². The third-order valence-corrected chi connectivity index (χ3v) is 2.98. The average Bonchev–Trinajstić information content (AvgIpc) is 2.28. The smallest absolute Gasteiger partial charge is 0.319 e. The lowest BCUT2D eigenvalue weighted by Crippen LogP contribution is -2.32. The van der Waals surface area contributed by atoms with Crippen LogP contribution in [0.3, 0.4) is 0 Å². The molecule has 0 bridgehead atoms. The molecular weight excluding hydrogens is 254 g/mol. The molecule has 0 aliphatic heterocycles. The van der Waals surface area contributed by atoms with Crippen LogP contribution in [0.2, 0.25) is 0 Å². The molecule has 1 rings (SSSR count). The van der Waals surface area contributed by atoms with Crippen LogP contribution in [0.1, 0.15) is 5.56 Å². The fourth-order valence-electron chi connectivity index (χ4n) is 1.15. The standard InChI is InChI=1S/C11H13N3O3S/c1-18(16,17)7-6-13-11(15)14-10-4-2-9(8-12)3-5-10/h2-5H,6-7H2,1H3,(H2,13,14,15). The van der Waals surface area contributed by atoms with E-state index in [1.54, 1.807) is 24.3 Å². The van der Waals surface area contributed by atoms with Crippen molar-refractivity contribution in [3.63, 3.8) is 0 Å². The number of sulfone groups is 1. The number of nitriles is 1. The number of anilines is 1. The first kappa shape index (κ1) is 14.0. The number of urea groups is 1. The molecule has 0 radical (unpaired) electrons. The third-order valence-electron chi connectivity index (χ3n) is 2.03. The highest BCUT2D eigenvalue weighted by atomic mass is 32.2. The van der Waals surface area contributed by atoms with E-state index in [2.05, 4.69) is 10.6 Å². The minimum absolute atomic E-state index is 0.0565. The maximum atomic E-state index is 11.4. The van der Waals surface area contributed by atoms with Crippen molar-refractivity contribution in [2.24, 2.45) is 0 Å². The van der Waals surface area contributed by atoms with Crippen molar-refractivity contribution < 1.29 is 13.2 Å². The van der Waals surface area contributed by atoms with E-state index < -0.39 is 15.9 Å². The maximum Gasteiger partial charge on any atom is 0.319 e. The van der Waals surface area contributed by atoms with Crippen LogP contribution >= 0.6 is 0 Å². The molecule has 6 nitrogen and oxygen atoms in total. The van der Waals surface area contributed by atoms with Gasteiger partial charge in [0.15, 0.2) is 0 Å². The highest BCUT2D eigenvalue weighted by Crippen LogP contribution is 2.08. The van der Waals surface area contributed by atoms with Gasteiger partial charge in [-0.05, 0) is 24.3 Å². The second kappa shape index (κ2) is 6.02. The summed E-state index contributed by atoms with van der Waals surface area (Å²) in [5, 5.41) is 13.5. The van der Waals surface area contributed by atoms with Gasteiger partial charge >= 0.3 is 6.03 Å². The summed E-state index contributed by atoms with van der Waals surface area (Å²) in [4.78, 5) is 11.4. The topological polar surface area (TPSA) is 99.1 Å².